The van der Waals surface area contributed by atoms with Crippen LogP contribution in [0.1, 0.15) is 42.7 Å². The van der Waals surface area contributed by atoms with E-state index in [2.05, 4.69) is 34.9 Å². The molecule has 168 valence electrons. The van der Waals surface area contributed by atoms with Gasteiger partial charge in [-0.25, -0.2) is 5.43 Å². The largest absolute Gasteiger partial charge is 0.511 e. The van der Waals surface area contributed by atoms with Gasteiger partial charge in [-0.2, -0.15) is 0 Å². The number of rotatable bonds is 6. The zero-order valence-electron chi connectivity index (χ0n) is 18.5. The lowest BCUT2D eigenvalue weighted by atomic mass is 9.83. The van der Waals surface area contributed by atoms with Crippen molar-refractivity contribution in [3.63, 3.8) is 0 Å². The minimum absolute atomic E-state index is 0.0695. The first-order valence-electron chi connectivity index (χ1n) is 10.8. The average molecular weight is 436 g/mol. The number of aliphatic hydroxyl groups excluding tert-OH is 1. The summed E-state index contributed by atoms with van der Waals surface area (Å²) in [5.74, 6) is 1.18. The number of Topliss-reactive ketones (excluding diaryl/α,β-unsaturated/α-hetero) is 1. The van der Waals surface area contributed by atoms with Crippen molar-refractivity contribution in [2.75, 3.05) is 14.2 Å². The van der Waals surface area contributed by atoms with Crippen LogP contribution in [-0.4, -0.2) is 43.5 Å². The molecule has 0 spiro atoms. The van der Waals surface area contributed by atoms with E-state index in [0.717, 1.165) is 5.56 Å². The third-order valence-corrected chi connectivity index (χ3v) is 6.25. The molecule has 1 aliphatic carbocycles. The maximum Gasteiger partial charge on any atom is 0.168 e. The molecule has 1 aliphatic heterocycles. The summed E-state index contributed by atoms with van der Waals surface area (Å²) >= 11 is 0. The highest BCUT2D eigenvalue weighted by molar-refractivity contribution is 6.14. The molecule has 32 heavy (non-hydrogen) atoms. The van der Waals surface area contributed by atoms with Crippen LogP contribution < -0.4 is 20.3 Å². The van der Waals surface area contributed by atoms with Gasteiger partial charge >= 0.3 is 0 Å². The van der Waals surface area contributed by atoms with Gasteiger partial charge in [0.2, 0.25) is 0 Å². The Morgan fingerprint density at radius 3 is 2.44 bits per heavy atom. The van der Waals surface area contributed by atoms with Gasteiger partial charge in [0.15, 0.2) is 17.3 Å². The quantitative estimate of drug-likeness (QED) is 0.600. The van der Waals surface area contributed by atoms with Crippen LogP contribution in [0.3, 0.4) is 0 Å². The first kappa shape index (κ1) is 22.0. The Bertz CT molecular complexity index is 1030. The molecule has 3 N–H and O–H groups in total. The molecule has 1 saturated heterocycles. The van der Waals surface area contributed by atoms with Crippen molar-refractivity contribution >= 4 is 12.0 Å². The van der Waals surface area contributed by atoms with Gasteiger partial charge in [0.25, 0.3) is 0 Å². The fourth-order valence-corrected chi connectivity index (χ4v) is 4.50. The van der Waals surface area contributed by atoms with Crippen LogP contribution in [-0.2, 0) is 4.79 Å². The Labute approximate surface area is 188 Å². The van der Waals surface area contributed by atoms with E-state index >= 15 is 0 Å². The van der Waals surface area contributed by atoms with E-state index in [1.165, 1.54) is 11.8 Å². The molecule has 7 nitrogen and oxygen atoms in total. The van der Waals surface area contributed by atoms with Crippen LogP contribution in [0.4, 0.5) is 0 Å². The number of nitrogens with one attached hydrogen (secondary N) is 2. The van der Waals surface area contributed by atoms with E-state index in [9.17, 15) is 9.90 Å². The topological polar surface area (TPSA) is 92.2 Å². The van der Waals surface area contributed by atoms with E-state index in [4.69, 9.17) is 9.47 Å². The van der Waals surface area contributed by atoms with Crippen molar-refractivity contribution in [3.05, 3.63) is 71.0 Å². The normalized spacial score (nSPS) is 26.0. The molecule has 0 saturated carbocycles. The van der Waals surface area contributed by atoms with Crippen LogP contribution in [0, 0.1) is 0 Å². The number of ether oxygens (including phenoxy) is 2. The van der Waals surface area contributed by atoms with Gasteiger partial charge in [-0.3, -0.25) is 15.2 Å². The molecule has 0 radical (unpaired) electrons. The van der Waals surface area contributed by atoms with E-state index in [-0.39, 0.29) is 41.2 Å². The van der Waals surface area contributed by atoms with Gasteiger partial charge in [0.05, 0.1) is 19.8 Å². The number of methoxy groups -OCH3 is 2. The number of aliphatic imine (C=N–C) groups is 1. The first-order valence-corrected chi connectivity index (χ1v) is 10.8. The van der Waals surface area contributed by atoms with E-state index in [1.807, 2.05) is 36.4 Å². The molecule has 2 aromatic rings. The van der Waals surface area contributed by atoms with Crippen LogP contribution in [0.15, 0.2) is 64.9 Å². The molecule has 0 bridgehead atoms. The van der Waals surface area contributed by atoms with Crippen LogP contribution in [0.25, 0.3) is 0 Å². The monoisotopic (exact) mass is 435 g/mol. The second-order valence-electron chi connectivity index (χ2n) is 8.24. The summed E-state index contributed by atoms with van der Waals surface area (Å²) in [4.78, 5) is 17.5. The van der Waals surface area contributed by atoms with Crippen molar-refractivity contribution in [2.24, 2.45) is 4.99 Å². The van der Waals surface area contributed by atoms with Crippen molar-refractivity contribution in [2.45, 2.75) is 43.8 Å². The molecule has 2 aliphatic rings. The SMILES string of the molecule is COc1ccc(C2CC(=O)C(/C=N/C3NNC(C)C3c3ccccc3)=C(O)C2)cc1OC. The fraction of sp³-hybridized carbons (Fsp3) is 0.360. The number of benzene rings is 2. The summed E-state index contributed by atoms with van der Waals surface area (Å²) in [5, 5.41) is 10.7. The average Bonchev–Trinajstić information content (AvgIpc) is 3.18. The lowest BCUT2D eigenvalue weighted by Crippen LogP contribution is -2.31. The number of hydrogen-bond acceptors (Lipinski definition) is 7. The molecule has 4 rings (SSSR count). The molecular weight excluding hydrogens is 406 g/mol. The number of carbonyl (C=O) groups excluding carboxylic acids is 1. The highest BCUT2D eigenvalue weighted by atomic mass is 16.5. The number of nitrogens with zero attached hydrogens (tertiary/aromatic N) is 1. The Kier molecular flexibility index (Phi) is 6.58. The Balaban J connectivity index is 1.53. The van der Waals surface area contributed by atoms with Crippen molar-refractivity contribution < 1.29 is 19.4 Å². The van der Waals surface area contributed by atoms with E-state index in [1.54, 1.807) is 14.2 Å². The lowest BCUT2D eigenvalue weighted by molar-refractivity contribution is -0.116. The molecule has 7 heteroatoms. The molecule has 4 unspecified atom stereocenters. The number of hydrazine groups is 1. The van der Waals surface area contributed by atoms with Gasteiger partial charge in [-0.05, 0) is 36.1 Å². The molecule has 0 amide bonds. The summed E-state index contributed by atoms with van der Waals surface area (Å²) in [6.07, 6.45) is 1.97. The predicted octanol–water partition coefficient (Wildman–Crippen LogP) is 3.64. The number of aliphatic hydroxyl groups is 1. The van der Waals surface area contributed by atoms with Crippen molar-refractivity contribution in [3.8, 4) is 11.5 Å². The van der Waals surface area contributed by atoms with Crippen LogP contribution in [0.5, 0.6) is 11.5 Å². The number of hydrogen-bond donors (Lipinski definition) is 3. The minimum Gasteiger partial charge on any atom is -0.511 e. The highest BCUT2D eigenvalue weighted by Gasteiger charge is 2.34. The maximum atomic E-state index is 12.9. The zero-order valence-corrected chi connectivity index (χ0v) is 18.5. The third-order valence-electron chi connectivity index (χ3n) is 6.25. The summed E-state index contributed by atoms with van der Waals surface area (Å²) in [7, 11) is 3.16. The van der Waals surface area contributed by atoms with Gasteiger partial charge in [-0.15, -0.1) is 0 Å². The fourth-order valence-electron chi connectivity index (χ4n) is 4.50. The maximum absolute atomic E-state index is 12.9. The minimum atomic E-state index is -0.232. The van der Waals surface area contributed by atoms with Gasteiger partial charge in [-0.1, -0.05) is 36.4 Å². The summed E-state index contributed by atoms with van der Waals surface area (Å²) in [5.41, 5.74) is 8.80. The summed E-state index contributed by atoms with van der Waals surface area (Å²) in [6, 6.07) is 15.9. The summed E-state index contributed by atoms with van der Waals surface area (Å²) in [6.45, 7) is 2.09. The van der Waals surface area contributed by atoms with Crippen molar-refractivity contribution in [1.82, 2.24) is 10.9 Å². The highest BCUT2D eigenvalue weighted by Crippen LogP contribution is 2.37. The molecule has 1 fully saturated rings. The standard InChI is InChI=1S/C25H29N3O4/c1-15-24(16-7-5-4-6-8-16)25(28-27-15)26-14-19-20(29)11-18(12-21(19)30)17-9-10-22(31-2)23(13-17)32-3/h4-10,13-15,18,24-25,27-29H,11-12H2,1-3H3/b26-14+. The van der Waals surface area contributed by atoms with E-state index < -0.39 is 0 Å². The molecule has 2 aromatic carbocycles. The van der Waals surface area contributed by atoms with Crippen LogP contribution >= 0.6 is 0 Å². The second kappa shape index (κ2) is 9.54. The Morgan fingerprint density at radius 2 is 1.75 bits per heavy atom. The van der Waals surface area contributed by atoms with Crippen molar-refractivity contribution in [1.29, 1.82) is 0 Å². The molecule has 0 aromatic heterocycles. The second-order valence-corrected chi connectivity index (χ2v) is 8.24. The molecule has 4 atom stereocenters. The van der Waals surface area contributed by atoms with E-state index in [0.29, 0.717) is 24.3 Å². The summed E-state index contributed by atoms with van der Waals surface area (Å²) < 4.78 is 10.7. The third kappa shape index (κ3) is 4.40. The van der Waals surface area contributed by atoms with Gasteiger partial charge in [0, 0.05) is 31.0 Å². The predicted molar refractivity (Wildman–Crippen MR) is 123 cm³/mol. The smallest absolute Gasteiger partial charge is 0.168 e. The number of ketones is 1. The van der Waals surface area contributed by atoms with Crippen LogP contribution in [0.2, 0.25) is 0 Å². The van der Waals surface area contributed by atoms with Gasteiger partial charge < -0.3 is 14.6 Å². The Hall–Kier alpha value is -3.16. The zero-order chi connectivity index (χ0) is 22.7. The molecular formula is C25H29N3O4. The lowest BCUT2D eigenvalue weighted by Gasteiger charge is -2.23. The number of allylic oxidation sites excluding steroid dienone is 2. The van der Waals surface area contributed by atoms with Gasteiger partial charge in [0.1, 0.15) is 11.9 Å². The Morgan fingerprint density at radius 1 is 1.00 bits per heavy atom. The number of carbonyl (C=O) groups is 1. The molecule has 1 heterocycles. The first-order chi connectivity index (χ1) is 15.5.